The molecule has 2 amide bonds. The van der Waals surface area contributed by atoms with Crippen LogP contribution in [0.15, 0.2) is 42.5 Å². The van der Waals surface area contributed by atoms with Crippen molar-refractivity contribution in [2.75, 3.05) is 5.32 Å². The number of halogens is 1. The number of carbonyl (C=O) groups is 2. The summed E-state index contributed by atoms with van der Waals surface area (Å²) in [5.74, 6) is -0.275. The van der Waals surface area contributed by atoms with Crippen molar-refractivity contribution >= 4 is 17.5 Å². The van der Waals surface area contributed by atoms with E-state index in [0.29, 0.717) is 17.2 Å². The summed E-state index contributed by atoms with van der Waals surface area (Å²) in [5.41, 5.74) is 3.08. The topological polar surface area (TPSA) is 58.2 Å². The van der Waals surface area contributed by atoms with Crippen molar-refractivity contribution < 1.29 is 14.0 Å². The Morgan fingerprint density at radius 1 is 1.04 bits per heavy atom. The van der Waals surface area contributed by atoms with E-state index in [2.05, 4.69) is 24.5 Å². The van der Waals surface area contributed by atoms with Crippen LogP contribution in [0.1, 0.15) is 62.3 Å². The number of hydrogen-bond acceptors (Lipinski definition) is 2. The molecule has 0 bridgehead atoms. The van der Waals surface area contributed by atoms with Gasteiger partial charge in [-0.2, -0.15) is 0 Å². The minimum Gasteiger partial charge on any atom is -0.345 e. The molecule has 4 nitrogen and oxygen atoms in total. The molecule has 0 aliphatic heterocycles. The summed E-state index contributed by atoms with van der Waals surface area (Å²) in [6, 6.07) is 11.6. The minimum absolute atomic E-state index is 0.0280. The van der Waals surface area contributed by atoms with Gasteiger partial charge in [-0.15, -0.1) is 0 Å². The van der Waals surface area contributed by atoms with Crippen molar-refractivity contribution in [2.24, 2.45) is 5.92 Å². The van der Waals surface area contributed by atoms with Crippen LogP contribution in [0.3, 0.4) is 0 Å². The zero-order valence-electron chi connectivity index (χ0n) is 15.9. The molecule has 1 fully saturated rings. The van der Waals surface area contributed by atoms with Crippen LogP contribution in [0.25, 0.3) is 0 Å². The van der Waals surface area contributed by atoms with Gasteiger partial charge in [0.2, 0.25) is 11.8 Å². The van der Waals surface area contributed by atoms with Crippen LogP contribution in [0.2, 0.25) is 0 Å². The predicted molar refractivity (Wildman–Crippen MR) is 104 cm³/mol. The molecule has 1 saturated carbocycles. The van der Waals surface area contributed by atoms with Crippen LogP contribution in [0.5, 0.6) is 0 Å². The Labute approximate surface area is 159 Å². The summed E-state index contributed by atoms with van der Waals surface area (Å²) in [7, 11) is 0. The fourth-order valence-corrected chi connectivity index (χ4v) is 3.10. The number of carbonyl (C=O) groups excluding carboxylic acids is 2. The second kappa shape index (κ2) is 7.91. The molecule has 1 aliphatic carbocycles. The first-order valence-electron chi connectivity index (χ1n) is 9.32. The van der Waals surface area contributed by atoms with Crippen LogP contribution in [-0.4, -0.2) is 11.8 Å². The lowest BCUT2D eigenvalue weighted by atomic mass is 9.94. The zero-order chi connectivity index (χ0) is 19.6. The highest BCUT2D eigenvalue weighted by molar-refractivity contribution is 5.90. The number of nitrogens with one attached hydrogen (secondary N) is 2. The number of benzene rings is 2. The first kappa shape index (κ1) is 19.1. The first-order chi connectivity index (χ1) is 12.8. The maximum Gasteiger partial charge on any atom is 0.223 e. The molecule has 5 heteroatoms. The van der Waals surface area contributed by atoms with Crippen LogP contribution in [0.4, 0.5) is 10.1 Å². The van der Waals surface area contributed by atoms with Gasteiger partial charge in [0.25, 0.3) is 0 Å². The third-order valence-corrected chi connectivity index (χ3v) is 4.81. The average Bonchev–Trinajstić information content (AvgIpc) is 3.46. The third kappa shape index (κ3) is 4.73. The molecule has 0 aromatic heterocycles. The molecular formula is C22H25FN2O2. The molecule has 0 heterocycles. The van der Waals surface area contributed by atoms with E-state index in [4.69, 9.17) is 0 Å². The van der Waals surface area contributed by atoms with E-state index in [1.165, 1.54) is 30.7 Å². The maximum absolute atomic E-state index is 14.0. The summed E-state index contributed by atoms with van der Waals surface area (Å²) in [4.78, 5) is 24.0. The van der Waals surface area contributed by atoms with Gasteiger partial charge in [-0.05, 0) is 48.1 Å². The second-order valence-corrected chi connectivity index (χ2v) is 7.45. The molecule has 1 unspecified atom stereocenters. The highest BCUT2D eigenvalue weighted by Crippen LogP contribution is 2.34. The van der Waals surface area contributed by atoms with Gasteiger partial charge in [0.1, 0.15) is 5.82 Å². The Morgan fingerprint density at radius 2 is 1.67 bits per heavy atom. The van der Waals surface area contributed by atoms with E-state index >= 15 is 0 Å². The lowest BCUT2D eigenvalue weighted by Gasteiger charge is -2.23. The molecule has 142 valence electrons. The van der Waals surface area contributed by atoms with E-state index in [0.717, 1.165) is 18.4 Å². The number of amides is 2. The quantitative estimate of drug-likeness (QED) is 0.787. The second-order valence-electron chi connectivity index (χ2n) is 7.45. The van der Waals surface area contributed by atoms with Gasteiger partial charge >= 0.3 is 0 Å². The SMILES string of the molecule is CC(=O)Nc1ccc(F)cc1C(NC(=O)C1CC1)c1ccc(C(C)C)cc1. The number of anilines is 1. The van der Waals surface area contributed by atoms with E-state index in [9.17, 15) is 14.0 Å². The van der Waals surface area contributed by atoms with Gasteiger partial charge in [0.15, 0.2) is 0 Å². The molecule has 2 N–H and O–H groups in total. The molecule has 1 aliphatic rings. The van der Waals surface area contributed by atoms with Crippen molar-refractivity contribution in [2.45, 2.75) is 45.6 Å². The highest BCUT2D eigenvalue weighted by atomic mass is 19.1. The molecule has 0 radical (unpaired) electrons. The average molecular weight is 368 g/mol. The fourth-order valence-electron chi connectivity index (χ4n) is 3.10. The summed E-state index contributed by atoms with van der Waals surface area (Å²) in [6.45, 7) is 5.63. The highest BCUT2D eigenvalue weighted by Gasteiger charge is 2.32. The molecule has 0 saturated heterocycles. The van der Waals surface area contributed by atoms with Crippen molar-refractivity contribution in [1.82, 2.24) is 5.32 Å². The molecular weight excluding hydrogens is 343 g/mol. The van der Waals surface area contributed by atoms with Gasteiger partial charge in [-0.25, -0.2) is 4.39 Å². The zero-order valence-corrected chi connectivity index (χ0v) is 15.9. The molecule has 2 aromatic rings. The van der Waals surface area contributed by atoms with Gasteiger partial charge < -0.3 is 10.6 Å². The van der Waals surface area contributed by atoms with Crippen LogP contribution in [-0.2, 0) is 9.59 Å². The van der Waals surface area contributed by atoms with E-state index in [-0.39, 0.29) is 17.7 Å². The Bertz CT molecular complexity index is 842. The summed E-state index contributed by atoms with van der Waals surface area (Å²) >= 11 is 0. The monoisotopic (exact) mass is 368 g/mol. The van der Waals surface area contributed by atoms with E-state index in [1.807, 2.05) is 24.3 Å². The lowest BCUT2D eigenvalue weighted by molar-refractivity contribution is -0.122. The fraction of sp³-hybridized carbons (Fsp3) is 0.364. The van der Waals surface area contributed by atoms with E-state index < -0.39 is 11.9 Å². The molecule has 27 heavy (non-hydrogen) atoms. The lowest BCUT2D eigenvalue weighted by Crippen LogP contribution is -2.31. The standard InChI is InChI=1S/C22H25FN2O2/c1-13(2)15-4-6-16(7-5-15)21(25-22(27)17-8-9-17)19-12-18(23)10-11-20(19)24-14(3)26/h4-7,10-13,17,21H,8-9H2,1-3H3,(H,24,26)(H,25,27). The van der Waals surface area contributed by atoms with Crippen molar-refractivity contribution in [3.63, 3.8) is 0 Å². The van der Waals surface area contributed by atoms with Gasteiger partial charge in [0.05, 0.1) is 6.04 Å². The first-order valence-corrected chi connectivity index (χ1v) is 9.32. The number of rotatable bonds is 6. The van der Waals surface area contributed by atoms with Gasteiger partial charge in [0, 0.05) is 24.1 Å². The molecule has 0 spiro atoms. The molecule has 2 aromatic carbocycles. The normalized spacial score (nSPS) is 14.7. The largest absolute Gasteiger partial charge is 0.345 e. The minimum atomic E-state index is -0.531. The maximum atomic E-state index is 14.0. The molecule has 1 atom stereocenters. The van der Waals surface area contributed by atoms with Crippen LogP contribution < -0.4 is 10.6 Å². The predicted octanol–water partition coefficient (Wildman–Crippen LogP) is 4.52. The number of hydrogen-bond donors (Lipinski definition) is 2. The van der Waals surface area contributed by atoms with Gasteiger partial charge in [-0.3, -0.25) is 9.59 Å². The summed E-state index contributed by atoms with van der Waals surface area (Å²) in [5, 5.41) is 5.79. The Balaban J connectivity index is 2.02. The Kier molecular flexibility index (Phi) is 5.59. The van der Waals surface area contributed by atoms with Crippen molar-refractivity contribution in [3.8, 4) is 0 Å². The third-order valence-electron chi connectivity index (χ3n) is 4.81. The molecule has 3 rings (SSSR count). The Morgan fingerprint density at radius 3 is 2.22 bits per heavy atom. The van der Waals surface area contributed by atoms with Gasteiger partial charge in [-0.1, -0.05) is 38.1 Å². The summed E-state index contributed by atoms with van der Waals surface area (Å²) < 4.78 is 14.0. The van der Waals surface area contributed by atoms with Crippen LogP contribution >= 0.6 is 0 Å². The van der Waals surface area contributed by atoms with Crippen molar-refractivity contribution in [3.05, 3.63) is 65.0 Å². The Hall–Kier alpha value is -2.69. The van der Waals surface area contributed by atoms with E-state index in [1.54, 1.807) is 0 Å². The van der Waals surface area contributed by atoms with Crippen LogP contribution in [0, 0.1) is 11.7 Å². The summed E-state index contributed by atoms with van der Waals surface area (Å²) in [6.07, 6.45) is 1.76. The van der Waals surface area contributed by atoms with Crippen molar-refractivity contribution in [1.29, 1.82) is 0 Å². The smallest absolute Gasteiger partial charge is 0.223 e.